The smallest absolute Gasteiger partial charge is 0.177 e. The van der Waals surface area contributed by atoms with Crippen molar-refractivity contribution < 1.29 is 4.79 Å². The number of ketones is 1. The normalized spacial score (nSPS) is 17.9. The summed E-state index contributed by atoms with van der Waals surface area (Å²) in [6.45, 7) is 8.00. The Morgan fingerprint density at radius 1 is 1.35 bits per heavy atom. The van der Waals surface area contributed by atoms with Crippen LogP contribution in [0.25, 0.3) is 0 Å². The number of hydrogen-bond donors (Lipinski definition) is 0. The summed E-state index contributed by atoms with van der Waals surface area (Å²) in [7, 11) is 4.27. The van der Waals surface area contributed by atoms with Gasteiger partial charge in [-0.3, -0.25) is 9.69 Å². The van der Waals surface area contributed by atoms with E-state index in [1.165, 1.54) is 24.3 Å². The van der Waals surface area contributed by atoms with E-state index >= 15 is 0 Å². The molecule has 0 unspecified atom stereocenters. The van der Waals surface area contributed by atoms with Crippen LogP contribution in [0.2, 0.25) is 0 Å². The second-order valence-corrected chi connectivity index (χ2v) is 7.69. The molecule has 0 saturated carbocycles. The predicted octanol–water partition coefficient (Wildman–Crippen LogP) is 2.82. The third-order valence-electron chi connectivity index (χ3n) is 4.04. The summed E-state index contributed by atoms with van der Waals surface area (Å²) in [5.74, 6) is 1.08. The zero-order valence-electron chi connectivity index (χ0n) is 13.1. The maximum Gasteiger partial charge on any atom is 0.177 e. The van der Waals surface area contributed by atoms with Gasteiger partial charge in [-0.15, -0.1) is 11.3 Å². The fourth-order valence-corrected chi connectivity index (χ4v) is 3.98. The topological polar surface area (TPSA) is 23.6 Å². The molecule has 1 aliphatic rings. The lowest BCUT2D eigenvalue weighted by molar-refractivity contribution is 0.0886. The molecule has 2 rings (SSSR count). The van der Waals surface area contributed by atoms with Gasteiger partial charge in [0.25, 0.3) is 0 Å². The molecule has 0 bridgehead atoms. The quantitative estimate of drug-likeness (QED) is 0.780. The lowest BCUT2D eigenvalue weighted by Crippen LogP contribution is -2.39. The predicted molar refractivity (Wildman–Crippen MR) is 85.8 cm³/mol. The zero-order valence-corrected chi connectivity index (χ0v) is 13.9. The first-order chi connectivity index (χ1) is 9.45. The van der Waals surface area contributed by atoms with Gasteiger partial charge in [0.1, 0.15) is 0 Å². The second kappa shape index (κ2) is 6.83. The van der Waals surface area contributed by atoms with Crippen LogP contribution in [0.3, 0.4) is 0 Å². The highest BCUT2D eigenvalue weighted by Crippen LogP contribution is 2.22. The molecular formula is C16H26N2OS. The van der Waals surface area contributed by atoms with Crippen molar-refractivity contribution in [1.29, 1.82) is 0 Å². The van der Waals surface area contributed by atoms with E-state index in [0.717, 1.165) is 29.4 Å². The number of rotatable bonds is 5. The number of likely N-dealkylation sites (tertiary alicyclic amines) is 1. The van der Waals surface area contributed by atoms with Crippen LogP contribution in [0.15, 0.2) is 6.07 Å². The van der Waals surface area contributed by atoms with Crippen LogP contribution in [0, 0.1) is 19.8 Å². The van der Waals surface area contributed by atoms with Gasteiger partial charge in [-0.1, -0.05) is 0 Å². The first kappa shape index (κ1) is 15.7. The number of carbonyl (C=O) groups is 1. The molecule has 112 valence electrons. The Morgan fingerprint density at radius 3 is 2.50 bits per heavy atom. The van der Waals surface area contributed by atoms with Crippen molar-refractivity contribution in [1.82, 2.24) is 9.80 Å². The van der Waals surface area contributed by atoms with E-state index in [-0.39, 0.29) is 5.78 Å². The molecule has 20 heavy (non-hydrogen) atoms. The SMILES string of the molecule is Cc1cc(C(=O)CN2CCC(CN(C)C)CC2)c(C)s1. The Kier molecular flexibility index (Phi) is 5.35. The fourth-order valence-electron chi connectivity index (χ4n) is 3.04. The minimum absolute atomic E-state index is 0.290. The van der Waals surface area contributed by atoms with Gasteiger partial charge in [0.15, 0.2) is 5.78 Å². The van der Waals surface area contributed by atoms with E-state index in [1.54, 1.807) is 11.3 Å². The minimum atomic E-state index is 0.290. The number of aryl methyl sites for hydroxylation is 2. The molecule has 1 fully saturated rings. The average molecular weight is 294 g/mol. The Bertz CT molecular complexity index is 459. The Balaban J connectivity index is 1.83. The minimum Gasteiger partial charge on any atom is -0.309 e. The summed E-state index contributed by atoms with van der Waals surface area (Å²) in [5, 5.41) is 0. The lowest BCUT2D eigenvalue weighted by Gasteiger charge is -2.32. The van der Waals surface area contributed by atoms with Gasteiger partial charge in [0, 0.05) is 21.9 Å². The largest absolute Gasteiger partial charge is 0.309 e. The molecule has 1 aromatic rings. The number of carbonyl (C=O) groups excluding carboxylic acids is 1. The van der Waals surface area contributed by atoms with Gasteiger partial charge in [0.2, 0.25) is 0 Å². The molecule has 1 aliphatic heterocycles. The second-order valence-electron chi connectivity index (χ2n) is 6.23. The monoisotopic (exact) mass is 294 g/mol. The van der Waals surface area contributed by atoms with Crippen LogP contribution in [-0.4, -0.2) is 55.9 Å². The summed E-state index contributed by atoms with van der Waals surface area (Å²) in [5.41, 5.74) is 0.933. The maximum absolute atomic E-state index is 12.4. The molecule has 2 heterocycles. The van der Waals surface area contributed by atoms with E-state index < -0.39 is 0 Å². The molecule has 0 aliphatic carbocycles. The van der Waals surface area contributed by atoms with Crippen molar-refractivity contribution >= 4 is 17.1 Å². The van der Waals surface area contributed by atoms with Crippen molar-refractivity contribution in [3.05, 3.63) is 21.4 Å². The Labute approximate surface area is 126 Å². The molecule has 0 atom stereocenters. The number of Topliss-reactive ketones (excluding diaryl/α,β-unsaturated/α-hetero) is 1. The van der Waals surface area contributed by atoms with Crippen LogP contribution < -0.4 is 0 Å². The van der Waals surface area contributed by atoms with E-state index in [2.05, 4.69) is 30.8 Å². The van der Waals surface area contributed by atoms with Crippen LogP contribution in [0.5, 0.6) is 0 Å². The summed E-state index contributed by atoms with van der Waals surface area (Å²) < 4.78 is 0. The molecule has 0 N–H and O–H groups in total. The summed E-state index contributed by atoms with van der Waals surface area (Å²) >= 11 is 1.72. The van der Waals surface area contributed by atoms with Crippen LogP contribution in [0.1, 0.15) is 33.0 Å². The Hall–Kier alpha value is -0.710. The first-order valence-corrected chi connectivity index (χ1v) is 8.24. The average Bonchev–Trinajstić information content (AvgIpc) is 2.70. The van der Waals surface area contributed by atoms with Crippen molar-refractivity contribution in [3.8, 4) is 0 Å². The van der Waals surface area contributed by atoms with Crippen molar-refractivity contribution in [3.63, 3.8) is 0 Å². The molecule has 0 spiro atoms. The zero-order chi connectivity index (χ0) is 14.7. The maximum atomic E-state index is 12.4. The van der Waals surface area contributed by atoms with Crippen molar-refractivity contribution in [2.75, 3.05) is 40.3 Å². The molecule has 1 saturated heterocycles. The molecule has 4 heteroatoms. The van der Waals surface area contributed by atoms with Crippen LogP contribution in [0.4, 0.5) is 0 Å². The summed E-state index contributed by atoms with van der Waals surface area (Å²) in [6.07, 6.45) is 2.43. The molecule has 0 amide bonds. The van der Waals surface area contributed by atoms with E-state index in [1.807, 2.05) is 13.0 Å². The molecule has 0 radical (unpaired) electrons. The van der Waals surface area contributed by atoms with Crippen LogP contribution in [-0.2, 0) is 0 Å². The van der Waals surface area contributed by atoms with E-state index in [9.17, 15) is 4.79 Å². The highest BCUT2D eigenvalue weighted by molar-refractivity contribution is 7.12. The highest BCUT2D eigenvalue weighted by atomic mass is 32.1. The number of thiophene rings is 1. The molecule has 3 nitrogen and oxygen atoms in total. The van der Waals surface area contributed by atoms with Crippen LogP contribution >= 0.6 is 11.3 Å². The lowest BCUT2D eigenvalue weighted by atomic mass is 9.96. The van der Waals surface area contributed by atoms with Gasteiger partial charge >= 0.3 is 0 Å². The van der Waals surface area contributed by atoms with E-state index in [0.29, 0.717) is 6.54 Å². The Morgan fingerprint density at radius 2 is 2.00 bits per heavy atom. The third-order valence-corrected chi connectivity index (χ3v) is 5.01. The van der Waals surface area contributed by atoms with Gasteiger partial charge in [-0.25, -0.2) is 0 Å². The molecular weight excluding hydrogens is 268 g/mol. The summed E-state index contributed by atoms with van der Waals surface area (Å²) in [4.78, 5) is 19.3. The number of nitrogens with zero attached hydrogens (tertiary/aromatic N) is 2. The fraction of sp³-hybridized carbons (Fsp3) is 0.688. The standard InChI is InChI=1S/C16H26N2OS/c1-12-9-15(13(2)20-12)16(19)11-18-7-5-14(6-8-18)10-17(3)4/h9,14H,5-8,10-11H2,1-4H3. The van der Waals surface area contributed by atoms with Crippen molar-refractivity contribution in [2.45, 2.75) is 26.7 Å². The van der Waals surface area contributed by atoms with Crippen molar-refractivity contribution in [2.24, 2.45) is 5.92 Å². The van der Waals surface area contributed by atoms with Gasteiger partial charge in [-0.05, 0) is 65.9 Å². The summed E-state index contributed by atoms with van der Waals surface area (Å²) in [6, 6.07) is 2.04. The first-order valence-electron chi connectivity index (χ1n) is 7.43. The van der Waals surface area contributed by atoms with Gasteiger partial charge in [0.05, 0.1) is 6.54 Å². The van der Waals surface area contributed by atoms with Gasteiger partial charge in [-0.2, -0.15) is 0 Å². The number of piperidine rings is 1. The highest BCUT2D eigenvalue weighted by Gasteiger charge is 2.22. The van der Waals surface area contributed by atoms with E-state index in [4.69, 9.17) is 0 Å². The van der Waals surface area contributed by atoms with Gasteiger partial charge < -0.3 is 4.90 Å². The molecule has 0 aromatic carbocycles. The molecule has 1 aromatic heterocycles. The third kappa shape index (κ3) is 4.14. The number of hydrogen-bond acceptors (Lipinski definition) is 4.